The summed E-state index contributed by atoms with van der Waals surface area (Å²) < 4.78 is 5.48. The lowest BCUT2D eigenvalue weighted by molar-refractivity contribution is -0.134. The van der Waals surface area contributed by atoms with E-state index >= 15 is 0 Å². The fourth-order valence-corrected chi connectivity index (χ4v) is 3.18. The number of carbonyl (C=O) groups excluding carboxylic acids is 1. The molecule has 3 rings (SSSR count). The maximum absolute atomic E-state index is 12.0. The van der Waals surface area contributed by atoms with Crippen molar-refractivity contribution in [2.24, 2.45) is 0 Å². The molecule has 0 aliphatic carbocycles. The lowest BCUT2D eigenvalue weighted by Crippen LogP contribution is -2.16. The molecule has 0 atom stereocenters. The fourth-order valence-electron chi connectivity index (χ4n) is 2.70. The molecule has 0 saturated carbocycles. The molecular formula is C19H13BrO4. The molecule has 0 bridgehead atoms. The average molecular weight is 385 g/mol. The molecular weight excluding hydrogens is 372 g/mol. The van der Waals surface area contributed by atoms with E-state index in [0.29, 0.717) is 4.48 Å². The molecule has 2 aromatic rings. The van der Waals surface area contributed by atoms with E-state index in [2.05, 4.69) is 15.9 Å². The molecule has 0 saturated heterocycles. The third-order valence-electron chi connectivity index (χ3n) is 3.69. The number of ether oxygens (including phenoxy) is 1. The van der Waals surface area contributed by atoms with Crippen molar-refractivity contribution in [3.8, 4) is 0 Å². The van der Waals surface area contributed by atoms with Crippen LogP contribution in [0, 0.1) is 0 Å². The number of hydrogen-bond acceptors (Lipinski definition) is 3. The van der Waals surface area contributed by atoms with E-state index in [4.69, 9.17) is 4.74 Å². The first kappa shape index (κ1) is 16.2. The Bertz CT molecular complexity index is 799. The van der Waals surface area contributed by atoms with Crippen LogP contribution in [-0.2, 0) is 14.3 Å². The highest BCUT2D eigenvalue weighted by molar-refractivity contribution is 9.12. The normalized spacial score (nSPS) is 15.9. The Labute approximate surface area is 147 Å². The smallest absolute Gasteiger partial charge is 0.337 e. The van der Waals surface area contributed by atoms with Gasteiger partial charge in [0.05, 0.1) is 10.1 Å². The van der Waals surface area contributed by atoms with Gasteiger partial charge in [-0.2, -0.15) is 0 Å². The standard InChI is InChI=1S/C19H13BrO4/c20-14-11-15(21)24-18(14)17(19(22)23)16(12-7-3-1-4-8-12)13-9-5-2-6-10-13/h1-11,16H,(H,22,23). The van der Waals surface area contributed by atoms with Crippen LogP contribution < -0.4 is 0 Å². The van der Waals surface area contributed by atoms with Gasteiger partial charge in [0, 0.05) is 12.0 Å². The van der Waals surface area contributed by atoms with Crippen LogP contribution in [0.2, 0.25) is 0 Å². The first-order valence-corrected chi connectivity index (χ1v) is 8.04. The van der Waals surface area contributed by atoms with E-state index in [1.54, 1.807) is 0 Å². The van der Waals surface area contributed by atoms with Gasteiger partial charge in [-0.3, -0.25) is 0 Å². The van der Waals surface area contributed by atoms with Crippen molar-refractivity contribution >= 4 is 27.9 Å². The van der Waals surface area contributed by atoms with E-state index in [0.717, 1.165) is 11.1 Å². The van der Waals surface area contributed by atoms with Gasteiger partial charge in [0.2, 0.25) is 0 Å². The van der Waals surface area contributed by atoms with Gasteiger partial charge < -0.3 is 9.84 Å². The maximum Gasteiger partial charge on any atom is 0.337 e. The molecule has 0 unspecified atom stereocenters. The molecule has 1 N–H and O–H groups in total. The molecule has 120 valence electrons. The van der Waals surface area contributed by atoms with Crippen molar-refractivity contribution in [1.29, 1.82) is 0 Å². The Balaban J connectivity index is 2.24. The largest absolute Gasteiger partial charge is 0.478 e. The van der Waals surface area contributed by atoms with Gasteiger partial charge in [0.1, 0.15) is 0 Å². The van der Waals surface area contributed by atoms with E-state index in [-0.39, 0.29) is 11.3 Å². The predicted octanol–water partition coefficient (Wildman–Crippen LogP) is 3.99. The molecule has 2 aromatic carbocycles. The molecule has 1 aliphatic heterocycles. The van der Waals surface area contributed by atoms with Crippen molar-refractivity contribution in [1.82, 2.24) is 0 Å². The second-order valence-corrected chi connectivity index (χ2v) is 6.07. The number of hydrogen-bond donors (Lipinski definition) is 1. The van der Waals surface area contributed by atoms with Gasteiger partial charge in [0.15, 0.2) is 5.76 Å². The lowest BCUT2D eigenvalue weighted by atomic mass is 9.84. The lowest BCUT2D eigenvalue weighted by Gasteiger charge is -2.20. The Morgan fingerprint density at radius 1 is 0.958 bits per heavy atom. The molecule has 24 heavy (non-hydrogen) atoms. The fraction of sp³-hybridized carbons (Fsp3) is 0.0526. The third-order valence-corrected chi connectivity index (χ3v) is 4.28. The molecule has 4 nitrogen and oxygen atoms in total. The van der Waals surface area contributed by atoms with Gasteiger partial charge in [-0.25, -0.2) is 9.59 Å². The summed E-state index contributed by atoms with van der Waals surface area (Å²) in [6.45, 7) is 0. The van der Waals surface area contributed by atoms with E-state index in [9.17, 15) is 14.7 Å². The molecule has 0 radical (unpaired) electrons. The van der Waals surface area contributed by atoms with Crippen LogP contribution in [0.1, 0.15) is 17.0 Å². The predicted molar refractivity (Wildman–Crippen MR) is 92.5 cm³/mol. The Kier molecular flexibility index (Phi) is 4.62. The number of carboxylic acid groups (broad SMARTS) is 1. The topological polar surface area (TPSA) is 63.6 Å². The van der Waals surface area contributed by atoms with E-state index in [1.807, 2.05) is 60.7 Å². The second-order valence-electron chi connectivity index (χ2n) is 5.22. The molecule has 0 spiro atoms. The van der Waals surface area contributed by atoms with Gasteiger partial charge in [-0.1, -0.05) is 60.7 Å². The minimum atomic E-state index is -1.14. The zero-order chi connectivity index (χ0) is 17.1. The summed E-state index contributed by atoms with van der Waals surface area (Å²) in [4.78, 5) is 23.6. The molecule has 0 fully saturated rings. The zero-order valence-electron chi connectivity index (χ0n) is 12.5. The first-order chi connectivity index (χ1) is 11.6. The summed E-state index contributed by atoms with van der Waals surface area (Å²) in [5.41, 5.74) is 1.62. The van der Waals surface area contributed by atoms with Crippen LogP contribution >= 0.6 is 15.9 Å². The Hall–Kier alpha value is -2.66. The summed E-state index contributed by atoms with van der Waals surface area (Å²) in [6, 6.07) is 18.6. The number of carboxylic acids is 1. The number of aliphatic carboxylic acids is 1. The summed E-state index contributed by atoms with van der Waals surface area (Å²) in [6.07, 6.45) is 1.23. The summed E-state index contributed by atoms with van der Waals surface area (Å²) in [5.74, 6) is -2.24. The van der Waals surface area contributed by atoms with Crippen molar-refractivity contribution in [2.75, 3.05) is 0 Å². The highest BCUT2D eigenvalue weighted by Gasteiger charge is 2.33. The minimum Gasteiger partial charge on any atom is -0.478 e. The van der Waals surface area contributed by atoms with Crippen molar-refractivity contribution in [3.63, 3.8) is 0 Å². The van der Waals surface area contributed by atoms with Crippen molar-refractivity contribution in [2.45, 2.75) is 5.92 Å². The Morgan fingerprint density at radius 3 is 1.83 bits per heavy atom. The quantitative estimate of drug-likeness (QED) is 0.639. The van der Waals surface area contributed by atoms with Crippen LogP contribution in [0.3, 0.4) is 0 Å². The molecule has 5 heteroatoms. The van der Waals surface area contributed by atoms with Crippen molar-refractivity contribution < 1.29 is 19.4 Å². The number of carbonyl (C=O) groups is 2. The second kappa shape index (κ2) is 6.84. The molecule has 0 aromatic heterocycles. The summed E-state index contributed by atoms with van der Waals surface area (Å²) in [7, 11) is 0. The monoisotopic (exact) mass is 384 g/mol. The van der Waals surface area contributed by atoms with Gasteiger partial charge in [-0.05, 0) is 27.1 Å². The van der Waals surface area contributed by atoms with Crippen molar-refractivity contribution in [3.05, 3.63) is 93.7 Å². The number of cyclic esters (lactones) is 1. The summed E-state index contributed by atoms with van der Waals surface area (Å²) >= 11 is 3.22. The van der Waals surface area contributed by atoms with Crippen LogP contribution in [0.15, 0.2) is 82.6 Å². The number of esters is 1. The van der Waals surface area contributed by atoms with Gasteiger partial charge >= 0.3 is 11.9 Å². The minimum absolute atomic E-state index is 0.0152. The van der Waals surface area contributed by atoms with Crippen LogP contribution in [0.25, 0.3) is 0 Å². The number of benzene rings is 2. The third kappa shape index (κ3) is 3.16. The van der Waals surface area contributed by atoms with E-state index < -0.39 is 17.9 Å². The van der Waals surface area contributed by atoms with Crippen LogP contribution in [-0.4, -0.2) is 17.0 Å². The average Bonchev–Trinajstić information content (AvgIpc) is 2.91. The SMILES string of the molecule is O=C1C=C(Br)C(=C(C(=O)O)C(c2ccccc2)c2ccccc2)O1. The maximum atomic E-state index is 12.0. The van der Waals surface area contributed by atoms with E-state index in [1.165, 1.54) is 6.08 Å². The number of halogens is 1. The van der Waals surface area contributed by atoms with Crippen LogP contribution in [0.5, 0.6) is 0 Å². The number of rotatable bonds is 4. The molecule has 1 aliphatic rings. The molecule has 0 amide bonds. The Morgan fingerprint density at radius 2 is 1.46 bits per heavy atom. The van der Waals surface area contributed by atoms with Gasteiger partial charge in [0.25, 0.3) is 0 Å². The zero-order valence-corrected chi connectivity index (χ0v) is 14.1. The highest BCUT2D eigenvalue weighted by atomic mass is 79.9. The molecule has 1 heterocycles. The highest BCUT2D eigenvalue weighted by Crippen LogP contribution is 2.38. The number of allylic oxidation sites excluding steroid dienone is 1. The van der Waals surface area contributed by atoms with Gasteiger partial charge in [-0.15, -0.1) is 0 Å². The summed E-state index contributed by atoms with van der Waals surface area (Å²) in [5, 5.41) is 9.83. The van der Waals surface area contributed by atoms with Crippen LogP contribution in [0.4, 0.5) is 0 Å². The first-order valence-electron chi connectivity index (χ1n) is 7.24.